The summed E-state index contributed by atoms with van der Waals surface area (Å²) in [5, 5.41) is 11.4. The van der Waals surface area contributed by atoms with Crippen LogP contribution in [0.4, 0.5) is 0 Å². The Bertz CT molecular complexity index is 730. The number of hydrogen-bond donors (Lipinski definition) is 1. The first-order valence-electron chi connectivity index (χ1n) is 6.07. The maximum atomic E-state index is 10.4. The van der Waals surface area contributed by atoms with E-state index >= 15 is 0 Å². The topological polar surface area (TPSA) is 33.4 Å². The molecule has 3 aromatic rings. The Labute approximate surface area is 119 Å². The maximum Gasteiger partial charge on any atom is 0.138 e. The van der Waals surface area contributed by atoms with Crippen LogP contribution in [0.2, 0.25) is 0 Å². The van der Waals surface area contributed by atoms with Gasteiger partial charge in [0, 0.05) is 9.86 Å². The molecule has 2 nitrogen and oxygen atoms in total. The molecule has 2 aromatic carbocycles. The molecule has 0 radical (unpaired) electrons. The molecule has 0 fully saturated rings. The highest BCUT2D eigenvalue weighted by Gasteiger charge is 2.15. The molecule has 1 aromatic heterocycles. The molecule has 0 aliphatic rings. The first kappa shape index (κ1) is 12.5. The smallest absolute Gasteiger partial charge is 0.138 e. The predicted octanol–water partition coefficient (Wildman–Crippen LogP) is 4.59. The zero-order valence-electron chi connectivity index (χ0n) is 10.4. The molecule has 3 rings (SSSR count). The van der Waals surface area contributed by atoms with Crippen LogP contribution < -0.4 is 0 Å². The van der Waals surface area contributed by atoms with Crippen LogP contribution in [0.1, 0.15) is 23.0 Å². The normalized spacial score (nSPS) is 12.8. The van der Waals surface area contributed by atoms with Crippen molar-refractivity contribution in [2.24, 2.45) is 0 Å². The van der Waals surface area contributed by atoms with Crippen molar-refractivity contribution in [3.8, 4) is 0 Å². The zero-order chi connectivity index (χ0) is 13.4. The fourth-order valence-electron chi connectivity index (χ4n) is 2.16. The summed E-state index contributed by atoms with van der Waals surface area (Å²) in [5.74, 6) is 0.568. The Morgan fingerprint density at radius 3 is 2.74 bits per heavy atom. The SMILES string of the molecule is Cc1ccc2oc(C(O)c3cccc(Br)c3)cc2c1. The highest BCUT2D eigenvalue weighted by Crippen LogP contribution is 2.29. The Morgan fingerprint density at radius 1 is 1.11 bits per heavy atom. The zero-order valence-corrected chi connectivity index (χ0v) is 12.0. The highest BCUT2D eigenvalue weighted by molar-refractivity contribution is 9.10. The summed E-state index contributed by atoms with van der Waals surface area (Å²) < 4.78 is 6.65. The molecule has 1 unspecified atom stereocenters. The fraction of sp³-hybridized carbons (Fsp3) is 0.125. The van der Waals surface area contributed by atoms with Gasteiger partial charge in [-0.1, -0.05) is 39.7 Å². The van der Waals surface area contributed by atoms with E-state index in [1.807, 2.05) is 49.4 Å². The summed E-state index contributed by atoms with van der Waals surface area (Å²) in [4.78, 5) is 0. The molecule has 19 heavy (non-hydrogen) atoms. The molecular formula is C16H13BrO2. The van der Waals surface area contributed by atoms with E-state index in [-0.39, 0.29) is 0 Å². The fourth-order valence-corrected chi connectivity index (χ4v) is 2.58. The van der Waals surface area contributed by atoms with Gasteiger partial charge >= 0.3 is 0 Å². The molecule has 3 heteroatoms. The van der Waals surface area contributed by atoms with Crippen LogP contribution in [-0.4, -0.2) is 5.11 Å². The highest BCUT2D eigenvalue weighted by atomic mass is 79.9. The summed E-state index contributed by atoms with van der Waals surface area (Å²) in [6.45, 7) is 2.04. The summed E-state index contributed by atoms with van der Waals surface area (Å²) in [5.41, 5.74) is 2.79. The molecule has 1 atom stereocenters. The van der Waals surface area contributed by atoms with Crippen LogP contribution in [0.25, 0.3) is 11.0 Å². The number of halogens is 1. The van der Waals surface area contributed by atoms with Gasteiger partial charge < -0.3 is 9.52 Å². The summed E-state index contributed by atoms with van der Waals surface area (Å²) in [6, 6.07) is 15.5. The first-order valence-corrected chi connectivity index (χ1v) is 6.86. The lowest BCUT2D eigenvalue weighted by atomic mass is 10.1. The maximum absolute atomic E-state index is 10.4. The molecule has 0 amide bonds. The lowest BCUT2D eigenvalue weighted by Crippen LogP contribution is -1.97. The minimum absolute atomic E-state index is 0.568. The van der Waals surface area contributed by atoms with Gasteiger partial charge in [0.15, 0.2) is 0 Å². The Hall–Kier alpha value is -1.58. The summed E-state index contributed by atoms with van der Waals surface area (Å²) in [6.07, 6.45) is -0.745. The molecular weight excluding hydrogens is 304 g/mol. The van der Waals surface area contributed by atoms with Crippen LogP contribution in [0.15, 0.2) is 57.4 Å². The van der Waals surface area contributed by atoms with Gasteiger partial charge in [-0.05, 0) is 42.8 Å². The van der Waals surface area contributed by atoms with Crippen LogP contribution in [0, 0.1) is 6.92 Å². The van der Waals surface area contributed by atoms with Crippen molar-refractivity contribution in [3.63, 3.8) is 0 Å². The van der Waals surface area contributed by atoms with Crippen LogP contribution in [0.3, 0.4) is 0 Å². The van der Waals surface area contributed by atoms with Gasteiger partial charge in [0.25, 0.3) is 0 Å². The second-order valence-electron chi connectivity index (χ2n) is 4.65. The molecule has 0 saturated heterocycles. The van der Waals surface area contributed by atoms with E-state index in [1.54, 1.807) is 0 Å². The Kier molecular flexibility index (Phi) is 3.17. The van der Waals surface area contributed by atoms with Crippen molar-refractivity contribution < 1.29 is 9.52 Å². The predicted molar refractivity (Wildman–Crippen MR) is 79.2 cm³/mol. The van der Waals surface area contributed by atoms with Crippen molar-refractivity contribution in [2.45, 2.75) is 13.0 Å². The van der Waals surface area contributed by atoms with Gasteiger partial charge in [-0.3, -0.25) is 0 Å². The quantitative estimate of drug-likeness (QED) is 0.750. The van der Waals surface area contributed by atoms with Crippen LogP contribution in [0.5, 0.6) is 0 Å². The van der Waals surface area contributed by atoms with Crippen molar-refractivity contribution in [3.05, 3.63) is 69.9 Å². The summed E-state index contributed by atoms with van der Waals surface area (Å²) in [7, 11) is 0. The largest absolute Gasteiger partial charge is 0.458 e. The second-order valence-corrected chi connectivity index (χ2v) is 5.56. The van der Waals surface area contributed by atoms with Crippen molar-refractivity contribution in [1.29, 1.82) is 0 Å². The molecule has 0 aliphatic carbocycles. The van der Waals surface area contributed by atoms with E-state index in [4.69, 9.17) is 4.42 Å². The minimum Gasteiger partial charge on any atom is -0.458 e. The van der Waals surface area contributed by atoms with Gasteiger partial charge in [0.05, 0.1) is 0 Å². The Balaban J connectivity index is 2.04. The third-order valence-corrected chi connectivity index (χ3v) is 3.62. The minimum atomic E-state index is -0.745. The second kappa shape index (κ2) is 4.83. The number of aliphatic hydroxyl groups excluding tert-OH is 1. The third kappa shape index (κ3) is 2.44. The van der Waals surface area contributed by atoms with Gasteiger partial charge in [0.2, 0.25) is 0 Å². The third-order valence-electron chi connectivity index (χ3n) is 3.12. The van der Waals surface area contributed by atoms with E-state index in [1.165, 1.54) is 5.56 Å². The summed E-state index contributed by atoms with van der Waals surface area (Å²) >= 11 is 3.41. The average molecular weight is 317 g/mol. The van der Waals surface area contributed by atoms with Gasteiger partial charge in [-0.25, -0.2) is 0 Å². The van der Waals surface area contributed by atoms with Crippen molar-refractivity contribution >= 4 is 26.9 Å². The van der Waals surface area contributed by atoms with Crippen LogP contribution in [-0.2, 0) is 0 Å². The lowest BCUT2D eigenvalue weighted by molar-refractivity contribution is 0.192. The van der Waals surface area contributed by atoms with E-state index in [2.05, 4.69) is 22.0 Å². The molecule has 1 heterocycles. The molecule has 1 N–H and O–H groups in total. The molecule has 0 saturated carbocycles. The molecule has 96 valence electrons. The first-order chi connectivity index (χ1) is 9.13. The van der Waals surface area contributed by atoms with Crippen molar-refractivity contribution in [2.75, 3.05) is 0 Å². The molecule has 0 bridgehead atoms. The Morgan fingerprint density at radius 2 is 1.95 bits per heavy atom. The molecule has 0 spiro atoms. The number of hydrogen-bond acceptors (Lipinski definition) is 2. The monoisotopic (exact) mass is 316 g/mol. The van der Waals surface area contributed by atoms with Gasteiger partial charge in [0.1, 0.15) is 17.4 Å². The van der Waals surface area contributed by atoms with Crippen molar-refractivity contribution in [1.82, 2.24) is 0 Å². The number of rotatable bonds is 2. The van der Waals surface area contributed by atoms with E-state index < -0.39 is 6.10 Å². The number of benzene rings is 2. The van der Waals surface area contributed by atoms with Gasteiger partial charge in [-0.15, -0.1) is 0 Å². The van der Waals surface area contributed by atoms with E-state index in [0.29, 0.717) is 5.76 Å². The number of furan rings is 1. The number of fused-ring (bicyclic) bond motifs is 1. The number of aryl methyl sites for hydroxylation is 1. The standard InChI is InChI=1S/C16H13BrO2/c1-10-5-6-14-12(7-10)9-15(19-14)16(18)11-3-2-4-13(17)8-11/h2-9,16,18H,1H3. The van der Waals surface area contributed by atoms with Crippen LogP contribution >= 0.6 is 15.9 Å². The molecule has 0 aliphatic heterocycles. The lowest BCUT2D eigenvalue weighted by Gasteiger charge is -2.07. The number of aliphatic hydroxyl groups is 1. The van der Waals surface area contributed by atoms with E-state index in [9.17, 15) is 5.11 Å². The van der Waals surface area contributed by atoms with Gasteiger partial charge in [-0.2, -0.15) is 0 Å². The average Bonchev–Trinajstić information content (AvgIpc) is 2.80. The van der Waals surface area contributed by atoms with E-state index in [0.717, 1.165) is 21.0 Å².